The summed E-state index contributed by atoms with van der Waals surface area (Å²) in [5, 5.41) is 7.93. The lowest BCUT2D eigenvalue weighted by atomic mass is 10.1. The third-order valence-corrected chi connectivity index (χ3v) is 2.82. The molecule has 0 saturated carbocycles. The molecule has 6 nitrogen and oxygen atoms in total. The maximum absolute atomic E-state index is 12.5. The van der Waals surface area contributed by atoms with Gasteiger partial charge in [0.1, 0.15) is 0 Å². The number of rotatable bonds is 7. The summed E-state index contributed by atoms with van der Waals surface area (Å²) in [6.45, 7) is 5.85. The first-order valence-corrected chi connectivity index (χ1v) is 6.39. The van der Waals surface area contributed by atoms with Gasteiger partial charge >= 0.3 is 0 Å². The highest BCUT2D eigenvalue weighted by atomic mass is 16.5. The van der Waals surface area contributed by atoms with Gasteiger partial charge in [0.2, 0.25) is 0 Å². The highest BCUT2D eigenvalue weighted by molar-refractivity contribution is 5.95. The third-order valence-electron chi connectivity index (χ3n) is 2.82. The van der Waals surface area contributed by atoms with Gasteiger partial charge in [-0.15, -0.1) is 0 Å². The molecular weight excluding hydrogens is 244 g/mol. The van der Waals surface area contributed by atoms with Gasteiger partial charge < -0.3 is 15.4 Å². The molecule has 6 heteroatoms. The highest BCUT2D eigenvalue weighted by Gasteiger charge is 2.18. The van der Waals surface area contributed by atoms with Gasteiger partial charge in [0.25, 0.3) is 5.91 Å². The second-order valence-corrected chi connectivity index (χ2v) is 4.41. The molecule has 0 bridgehead atoms. The molecule has 1 heterocycles. The summed E-state index contributed by atoms with van der Waals surface area (Å²) in [4.78, 5) is 14.2. The quantitative estimate of drug-likeness (QED) is 0.778. The minimum absolute atomic E-state index is 0.0407. The standard InChI is InChI=1S/C13H22N4O2/c1-10-9-12(11(2)16-15-10)13(18)17(6-4-5-14)7-8-19-3/h9H,4-8,14H2,1-3H3. The van der Waals surface area contributed by atoms with Gasteiger partial charge in [0, 0.05) is 20.2 Å². The lowest BCUT2D eigenvalue weighted by Crippen LogP contribution is -2.36. The first kappa shape index (κ1) is 15.5. The van der Waals surface area contributed by atoms with Gasteiger partial charge in [0.05, 0.1) is 23.6 Å². The second kappa shape index (κ2) is 7.81. The summed E-state index contributed by atoms with van der Waals surface area (Å²) in [6.07, 6.45) is 0.770. The smallest absolute Gasteiger partial charge is 0.255 e. The van der Waals surface area contributed by atoms with Crippen LogP contribution in [0.25, 0.3) is 0 Å². The molecule has 2 N–H and O–H groups in total. The molecule has 0 radical (unpaired) electrons. The van der Waals surface area contributed by atoms with Crippen molar-refractivity contribution in [2.24, 2.45) is 5.73 Å². The van der Waals surface area contributed by atoms with Crippen molar-refractivity contribution in [1.29, 1.82) is 0 Å². The lowest BCUT2D eigenvalue weighted by molar-refractivity contribution is 0.0693. The SMILES string of the molecule is COCCN(CCCN)C(=O)c1cc(C)nnc1C. The second-order valence-electron chi connectivity index (χ2n) is 4.41. The van der Waals surface area contributed by atoms with E-state index in [1.165, 1.54) is 0 Å². The Balaban J connectivity index is 2.87. The van der Waals surface area contributed by atoms with Crippen LogP contribution in [-0.2, 0) is 4.74 Å². The van der Waals surface area contributed by atoms with E-state index in [1.807, 2.05) is 6.92 Å². The molecule has 0 saturated heterocycles. The molecule has 19 heavy (non-hydrogen) atoms. The summed E-state index contributed by atoms with van der Waals surface area (Å²) in [6, 6.07) is 1.77. The van der Waals surface area contributed by atoms with E-state index in [-0.39, 0.29) is 5.91 Å². The van der Waals surface area contributed by atoms with Crippen molar-refractivity contribution < 1.29 is 9.53 Å². The zero-order chi connectivity index (χ0) is 14.3. The average molecular weight is 266 g/mol. The summed E-state index contributed by atoms with van der Waals surface area (Å²) in [7, 11) is 1.62. The molecule has 106 valence electrons. The Kier molecular flexibility index (Phi) is 6.38. The fourth-order valence-corrected chi connectivity index (χ4v) is 1.74. The fourth-order valence-electron chi connectivity index (χ4n) is 1.74. The molecule has 1 amide bonds. The monoisotopic (exact) mass is 266 g/mol. The van der Waals surface area contributed by atoms with Gasteiger partial charge in [-0.25, -0.2) is 0 Å². The number of amides is 1. The van der Waals surface area contributed by atoms with E-state index >= 15 is 0 Å². The summed E-state index contributed by atoms with van der Waals surface area (Å²) < 4.78 is 5.04. The minimum atomic E-state index is -0.0407. The van der Waals surface area contributed by atoms with Crippen LogP contribution >= 0.6 is 0 Å². The molecule has 1 aromatic rings. The zero-order valence-electron chi connectivity index (χ0n) is 11.8. The van der Waals surface area contributed by atoms with Crippen molar-refractivity contribution in [2.45, 2.75) is 20.3 Å². The number of nitrogens with two attached hydrogens (primary N) is 1. The Labute approximate surface area is 113 Å². The fraction of sp³-hybridized carbons (Fsp3) is 0.615. The van der Waals surface area contributed by atoms with Crippen molar-refractivity contribution in [2.75, 3.05) is 33.4 Å². The van der Waals surface area contributed by atoms with Crippen LogP contribution in [0.15, 0.2) is 6.07 Å². The van der Waals surface area contributed by atoms with E-state index < -0.39 is 0 Å². The van der Waals surface area contributed by atoms with Crippen LogP contribution in [0.4, 0.5) is 0 Å². The van der Waals surface area contributed by atoms with E-state index in [2.05, 4.69) is 10.2 Å². The molecular formula is C13H22N4O2. The Morgan fingerprint density at radius 2 is 2.11 bits per heavy atom. The number of aryl methyl sites for hydroxylation is 2. The van der Waals surface area contributed by atoms with Crippen LogP contribution in [0.3, 0.4) is 0 Å². The van der Waals surface area contributed by atoms with Crippen molar-refractivity contribution in [3.05, 3.63) is 23.0 Å². The van der Waals surface area contributed by atoms with Crippen LogP contribution in [0.1, 0.15) is 28.2 Å². The van der Waals surface area contributed by atoms with Gasteiger partial charge in [-0.2, -0.15) is 10.2 Å². The number of carbonyl (C=O) groups is 1. The van der Waals surface area contributed by atoms with Gasteiger partial charge in [0.15, 0.2) is 0 Å². The van der Waals surface area contributed by atoms with Crippen LogP contribution in [0, 0.1) is 13.8 Å². The van der Waals surface area contributed by atoms with Crippen LogP contribution in [-0.4, -0.2) is 54.4 Å². The molecule has 1 rings (SSSR count). The van der Waals surface area contributed by atoms with Crippen molar-refractivity contribution in [3.63, 3.8) is 0 Å². The van der Waals surface area contributed by atoms with E-state index in [4.69, 9.17) is 10.5 Å². The number of hydrogen-bond acceptors (Lipinski definition) is 5. The highest BCUT2D eigenvalue weighted by Crippen LogP contribution is 2.10. The van der Waals surface area contributed by atoms with Gasteiger partial charge in [-0.1, -0.05) is 0 Å². The van der Waals surface area contributed by atoms with E-state index in [0.717, 1.165) is 12.1 Å². The predicted octanol–water partition coefficient (Wildman–Crippen LogP) is 0.531. The van der Waals surface area contributed by atoms with Crippen LogP contribution in [0.5, 0.6) is 0 Å². The normalized spacial score (nSPS) is 10.5. The minimum Gasteiger partial charge on any atom is -0.383 e. The summed E-state index contributed by atoms with van der Waals surface area (Å²) >= 11 is 0. The van der Waals surface area contributed by atoms with Crippen LogP contribution in [0.2, 0.25) is 0 Å². The zero-order valence-corrected chi connectivity index (χ0v) is 11.8. The van der Waals surface area contributed by atoms with Gasteiger partial charge in [-0.05, 0) is 32.9 Å². The number of aromatic nitrogens is 2. The first-order chi connectivity index (χ1) is 9.10. The number of nitrogens with zero attached hydrogens (tertiary/aromatic N) is 3. The maximum atomic E-state index is 12.5. The summed E-state index contributed by atoms with van der Waals surface area (Å²) in [5.74, 6) is -0.0407. The Morgan fingerprint density at radius 3 is 2.74 bits per heavy atom. The predicted molar refractivity (Wildman–Crippen MR) is 73.0 cm³/mol. The van der Waals surface area contributed by atoms with E-state index in [9.17, 15) is 4.79 Å². The average Bonchev–Trinajstić information content (AvgIpc) is 2.41. The molecule has 0 aromatic carbocycles. The van der Waals surface area contributed by atoms with Crippen molar-refractivity contribution in [1.82, 2.24) is 15.1 Å². The van der Waals surface area contributed by atoms with Crippen molar-refractivity contribution in [3.8, 4) is 0 Å². The Hall–Kier alpha value is -1.53. The molecule has 0 aliphatic rings. The topological polar surface area (TPSA) is 81.3 Å². The number of methoxy groups -OCH3 is 1. The first-order valence-electron chi connectivity index (χ1n) is 6.39. The Morgan fingerprint density at radius 1 is 1.37 bits per heavy atom. The maximum Gasteiger partial charge on any atom is 0.255 e. The molecule has 0 atom stereocenters. The largest absolute Gasteiger partial charge is 0.383 e. The molecule has 0 unspecified atom stereocenters. The summed E-state index contributed by atoms with van der Waals surface area (Å²) in [5.41, 5.74) is 7.48. The van der Waals surface area contributed by atoms with E-state index in [1.54, 1.807) is 25.0 Å². The lowest BCUT2D eigenvalue weighted by Gasteiger charge is -2.22. The number of carbonyl (C=O) groups excluding carboxylic acids is 1. The molecule has 0 spiro atoms. The third kappa shape index (κ3) is 4.57. The van der Waals surface area contributed by atoms with Gasteiger partial charge in [-0.3, -0.25) is 4.79 Å². The molecule has 1 aromatic heterocycles. The number of ether oxygens (including phenoxy) is 1. The van der Waals surface area contributed by atoms with Crippen molar-refractivity contribution >= 4 is 5.91 Å². The molecule has 0 aliphatic carbocycles. The van der Waals surface area contributed by atoms with Crippen LogP contribution < -0.4 is 5.73 Å². The Bertz CT molecular complexity index is 415. The van der Waals surface area contributed by atoms with E-state index in [0.29, 0.717) is 37.5 Å². The molecule has 0 aliphatic heterocycles. The molecule has 0 fully saturated rings. The number of hydrogen-bond donors (Lipinski definition) is 1.